The molecule has 0 spiro atoms. The Labute approximate surface area is 120 Å². The molecule has 0 fully saturated rings. The lowest BCUT2D eigenvalue weighted by Crippen LogP contribution is -2.14. The van der Waals surface area contributed by atoms with E-state index in [2.05, 4.69) is 15.0 Å². The largest absolute Gasteiger partial charge is 0.492 e. The number of ether oxygens (including phenoxy) is 1. The Morgan fingerprint density at radius 2 is 2.10 bits per heavy atom. The molecule has 7 nitrogen and oxygen atoms in total. The predicted octanol–water partition coefficient (Wildman–Crippen LogP) is 1.40. The predicted molar refractivity (Wildman–Crippen MR) is 79.8 cm³/mol. The molecule has 3 N–H and O–H groups in total. The minimum absolute atomic E-state index is 0.195. The van der Waals surface area contributed by atoms with Crippen LogP contribution in [0.1, 0.15) is 12.7 Å². The van der Waals surface area contributed by atoms with E-state index < -0.39 is 0 Å². The van der Waals surface area contributed by atoms with E-state index in [0.29, 0.717) is 35.0 Å². The van der Waals surface area contributed by atoms with Gasteiger partial charge in [0, 0.05) is 0 Å². The van der Waals surface area contributed by atoms with Crippen molar-refractivity contribution in [3.8, 4) is 11.4 Å². The van der Waals surface area contributed by atoms with Crippen molar-refractivity contribution in [3.05, 3.63) is 40.4 Å². The minimum atomic E-state index is -0.284. The van der Waals surface area contributed by atoms with Crippen LogP contribution >= 0.6 is 0 Å². The Morgan fingerprint density at radius 1 is 1.33 bits per heavy atom. The van der Waals surface area contributed by atoms with Gasteiger partial charge in [-0.1, -0.05) is 12.1 Å². The van der Waals surface area contributed by atoms with Gasteiger partial charge in [0.1, 0.15) is 11.6 Å². The van der Waals surface area contributed by atoms with Gasteiger partial charge in [-0.25, -0.2) is 4.98 Å². The Balaban J connectivity index is 2.36. The maximum Gasteiger partial charge on any atom is 0.277 e. The number of imidazole rings is 1. The summed E-state index contributed by atoms with van der Waals surface area (Å²) < 4.78 is 7.15. The van der Waals surface area contributed by atoms with Crippen LogP contribution < -0.4 is 16.0 Å². The van der Waals surface area contributed by atoms with Crippen LogP contribution in [0.4, 0.5) is 5.95 Å². The topological polar surface area (TPSA) is 98.8 Å². The number of aromatic amines is 1. The fourth-order valence-corrected chi connectivity index (χ4v) is 2.28. The molecule has 7 heteroatoms. The summed E-state index contributed by atoms with van der Waals surface area (Å²) in [6.45, 7) is 4.10. The number of H-pyrrole nitrogens is 1. The first kappa shape index (κ1) is 13.2. The molecular weight excluding hydrogens is 270 g/mol. The second kappa shape index (κ2) is 4.93. The molecule has 0 unspecified atom stereocenters. The molecule has 2 aromatic heterocycles. The zero-order chi connectivity index (χ0) is 15.0. The molecule has 0 aliphatic rings. The third-order valence-corrected chi connectivity index (χ3v) is 3.07. The summed E-state index contributed by atoms with van der Waals surface area (Å²) in [6.07, 6.45) is 0. The van der Waals surface area contributed by atoms with E-state index in [-0.39, 0.29) is 11.5 Å². The summed E-state index contributed by atoms with van der Waals surface area (Å²) in [4.78, 5) is 23.3. The molecule has 2 heterocycles. The Kier molecular flexibility index (Phi) is 3.09. The van der Waals surface area contributed by atoms with Crippen LogP contribution in [-0.2, 0) is 0 Å². The normalized spacial score (nSPS) is 11.0. The molecule has 1 aromatic carbocycles. The number of benzene rings is 1. The first-order chi connectivity index (χ1) is 10.1. The van der Waals surface area contributed by atoms with Crippen molar-refractivity contribution in [2.24, 2.45) is 0 Å². The number of aryl methyl sites for hydroxylation is 1. The van der Waals surface area contributed by atoms with Crippen molar-refractivity contribution in [1.29, 1.82) is 0 Å². The summed E-state index contributed by atoms with van der Waals surface area (Å²) in [5.41, 5.74) is 6.98. The van der Waals surface area contributed by atoms with E-state index >= 15 is 0 Å². The van der Waals surface area contributed by atoms with E-state index in [1.54, 1.807) is 11.5 Å². The third-order valence-electron chi connectivity index (χ3n) is 3.07. The van der Waals surface area contributed by atoms with Gasteiger partial charge >= 0.3 is 0 Å². The second-order valence-electron chi connectivity index (χ2n) is 4.53. The van der Waals surface area contributed by atoms with E-state index in [1.807, 2.05) is 31.2 Å². The van der Waals surface area contributed by atoms with Gasteiger partial charge in [-0.2, -0.15) is 4.98 Å². The molecule has 0 radical (unpaired) electrons. The summed E-state index contributed by atoms with van der Waals surface area (Å²) >= 11 is 0. The van der Waals surface area contributed by atoms with Crippen molar-refractivity contribution in [2.45, 2.75) is 13.8 Å². The molecule has 0 aliphatic heterocycles. The Morgan fingerprint density at radius 3 is 2.86 bits per heavy atom. The first-order valence-electron chi connectivity index (χ1n) is 6.59. The minimum Gasteiger partial charge on any atom is -0.492 e. The number of fused-ring (bicyclic) bond motifs is 1. The second-order valence-corrected chi connectivity index (χ2v) is 4.53. The molecule has 0 saturated carbocycles. The van der Waals surface area contributed by atoms with Crippen LogP contribution in [0.15, 0.2) is 29.1 Å². The smallest absolute Gasteiger partial charge is 0.277 e. The third kappa shape index (κ3) is 2.12. The van der Waals surface area contributed by atoms with Crippen molar-refractivity contribution < 1.29 is 4.74 Å². The number of hydrogen-bond donors (Lipinski definition) is 2. The average molecular weight is 285 g/mol. The lowest BCUT2D eigenvalue weighted by molar-refractivity contribution is 0.339. The molecule has 3 aromatic rings. The highest BCUT2D eigenvalue weighted by atomic mass is 16.5. The number of nitrogens with two attached hydrogens (primary N) is 1. The fourth-order valence-electron chi connectivity index (χ4n) is 2.28. The summed E-state index contributed by atoms with van der Waals surface area (Å²) in [5.74, 6) is 1.32. The molecule has 21 heavy (non-hydrogen) atoms. The Hall–Kier alpha value is -2.83. The highest BCUT2D eigenvalue weighted by Gasteiger charge is 2.17. The molecular formula is C14H15N5O2. The monoisotopic (exact) mass is 285 g/mol. The fraction of sp³-hybridized carbons (Fsp3) is 0.214. The quantitative estimate of drug-likeness (QED) is 0.757. The van der Waals surface area contributed by atoms with Crippen LogP contribution in [0.2, 0.25) is 0 Å². The van der Waals surface area contributed by atoms with Crippen molar-refractivity contribution in [1.82, 2.24) is 19.5 Å². The number of hydrogen-bond acceptors (Lipinski definition) is 5. The van der Waals surface area contributed by atoms with Gasteiger partial charge in [-0.05, 0) is 26.0 Å². The molecule has 3 rings (SSSR count). The summed E-state index contributed by atoms with van der Waals surface area (Å²) in [5, 5.41) is 0. The van der Waals surface area contributed by atoms with Gasteiger partial charge in [-0.15, -0.1) is 0 Å². The maximum atomic E-state index is 12.2. The molecule has 0 amide bonds. The van der Waals surface area contributed by atoms with Gasteiger partial charge in [0.25, 0.3) is 5.56 Å². The highest BCUT2D eigenvalue weighted by Crippen LogP contribution is 2.27. The summed E-state index contributed by atoms with van der Waals surface area (Å²) in [6, 6.07) is 7.34. The average Bonchev–Trinajstić information content (AvgIpc) is 2.76. The van der Waals surface area contributed by atoms with E-state index in [4.69, 9.17) is 10.5 Å². The van der Waals surface area contributed by atoms with Gasteiger partial charge in [0.05, 0.1) is 12.3 Å². The lowest BCUT2D eigenvalue weighted by atomic mass is 10.3. The van der Waals surface area contributed by atoms with Crippen LogP contribution in [0.3, 0.4) is 0 Å². The van der Waals surface area contributed by atoms with Crippen molar-refractivity contribution >= 4 is 17.1 Å². The van der Waals surface area contributed by atoms with Crippen LogP contribution in [0.5, 0.6) is 5.75 Å². The van der Waals surface area contributed by atoms with Crippen molar-refractivity contribution in [3.63, 3.8) is 0 Å². The summed E-state index contributed by atoms with van der Waals surface area (Å²) in [7, 11) is 0. The SMILES string of the molecule is CCOc1ccccc1-n1c(N)nc2nc(C)[nH]c(=O)c21. The Bertz CT molecular complexity index is 865. The number of nitrogen functional groups attached to an aromatic ring is 1. The number of aromatic nitrogens is 4. The molecule has 0 atom stereocenters. The van der Waals surface area contributed by atoms with E-state index in [9.17, 15) is 4.79 Å². The van der Waals surface area contributed by atoms with E-state index in [0.717, 1.165) is 0 Å². The standard InChI is InChI=1S/C14H15N5O2/c1-3-21-10-7-5-4-6-9(10)19-11-12(18-14(19)15)16-8(2)17-13(11)20/h4-7H,3H2,1-2H3,(H3,15,16,17,18,20). The maximum absolute atomic E-state index is 12.2. The zero-order valence-corrected chi connectivity index (χ0v) is 11.8. The molecule has 0 saturated heterocycles. The van der Waals surface area contributed by atoms with Crippen molar-refractivity contribution in [2.75, 3.05) is 12.3 Å². The highest BCUT2D eigenvalue weighted by molar-refractivity contribution is 5.77. The number of nitrogens with zero attached hydrogens (tertiary/aromatic N) is 3. The number of anilines is 1. The van der Waals surface area contributed by atoms with Gasteiger partial charge in [0.15, 0.2) is 11.2 Å². The van der Waals surface area contributed by atoms with Gasteiger partial charge < -0.3 is 15.5 Å². The lowest BCUT2D eigenvalue weighted by Gasteiger charge is -2.12. The number of nitrogens with one attached hydrogen (secondary N) is 1. The zero-order valence-electron chi connectivity index (χ0n) is 11.8. The van der Waals surface area contributed by atoms with Gasteiger partial charge in [-0.3, -0.25) is 9.36 Å². The van der Waals surface area contributed by atoms with Crippen LogP contribution in [0, 0.1) is 6.92 Å². The van der Waals surface area contributed by atoms with Crippen LogP contribution in [-0.4, -0.2) is 26.1 Å². The number of rotatable bonds is 3. The molecule has 108 valence electrons. The van der Waals surface area contributed by atoms with E-state index in [1.165, 1.54) is 0 Å². The number of para-hydroxylation sites is 2. The molecule has 0 aliphatic carbocycles. The van der Waals surface area contributed by atoms with Gasteiger partial charge in [0.2, 0.25) is 5.95 Å². The van der Waals surface area contributed by atoms with Crippen LogP contribution in [0.25, 0.3) is 16.9 Å². The first-order valence-corrected chi connectivity index (χ1v) is 6.59. The molecule has 0 bridgehead atoms.